The molecule has 0 atom stereocenters. The van der Waals surface area contributed by atoms with Gasteiger partial charge in [-0.25, -0.2) is 0 Å². The number of carbonyl (C=O) groups is 2. The van der Waals surface area contributed by atoms with Crippen LogP contribution in [0, 0.1) is 13.8 Å². The molecule has 4 rings (SSSR count). The van der Waals surface area contributed by atoms with E-state index in [9.17, 15) is 9.59 Å². The van der Waals surface area contributed by atoms with Gasteiger partial charge < -0.3 is 15.0 Å². The number of carbonyl (C=O) groups excluding carboxylic acids is 2. The molecule has 2 amide bonds. The summed E-state index contributed by atoms with van der Waals surface area (Å²) in [4.78, 5) is 30.0. The van der Waals surface area contributed by atoms with Crippen LogP contribution in [-0.2, 0) is 27.3 Å². The Morgan fingerprint density at radius 2 is 1.58 bits per heavy atom. The van der Waals surface area contributed by atoms with Crippen molar-refractivity contribution in [3.05, 3.63) is 101 Å². The van der Waals surface area contributed by atoms with E-state index in [-0.39, 0.29) is 24.3 Å². The van der Waals surface area contributed by atoms with E-state index < -0.39 is 5.54 Å². The Balaban J connectivity index is 1.72. The van der Waals surface area contributed by atoms with E-state index in [0.29, 0.717) is 19.4 Å². The number of hydrogen-bond donors (Lipinski definition) is 1. The van der Waals surface area contributed by atoms with Crippen molar-refractivity contribution < 1.29 is 14.3 Å². The van der Waals surface area contributed by atoms with Gasteiger partial charge in [0.05, 0.1) is 12.5 Å². The topological polar surface area (TPSA) is 58.6 Å². The van der Waals surface area contributed by atoms with Crippen LogP contribution < -0.4 is 5.32 Å². The highest BCUT2D eigenvalue weighted by Crippen LogP contribution is 2.38. The predicted octanol–water partition coefficient (Wildman–Crippen LogP) is 5.84. The Bertz CT molecular complexity index is 1170. The molecule has 1 saturated carbocycles. The van der Waals surface area contributed by atoms with Crippen LogP contribution in [0.2, 0.25) is 0 Å². The molecule has 5 nitrogen and oxygen atoms in total. The summed E-state index contributed by atoms with van der Waals surface area (Å²) in [6.07, 6.45) is 2.90. The number of anilines is 1. The zero-order chi connectivity index (χ0) is 25.5. The second-order valence-corrected chi connectivity index (χ2v) is 9.86. The molecular formula is C31H36N2O3. The molecule has 0 aliphatic heterocycles. The van der Waals surface area contributed by atoms with E-state index in [1.54, 1.807) is 7.11 Å². The molecule has 0 spiro atoms. The first-order valence-corrected chi connectivity index (χ1v) is 12.7. The lowest BCUT2D eigenvalue weighted by atomic mass is 9.77. The van der Waals surface area contributed by atoms with Crippen LogP contribution in [0.5, 0.6) is 0 Å². The summed E-state index contributed by atoms with van der Waals surface area (Å²) < 4.78 is 5.63. The molecular weight excluding hydrogens is 448 g/mol. The van der Waals surface area contributed by atoms with E-state index >= 15 is 0 Å². The molecule has 0 unspecified atom stereocenters. The molecule has 1 N–H and O–H groups in total. The number of aryl methyl sites for hydroxylation is 2. The van der Waals surface area contributed by atoms with Crippen LogP contribution >= 0.6 is 0 Å². The summed E-state index contributed by atoms with van der Waals surface area (Å²) in [7, 11) is 1.72. The van der Waals surface area contributed by atoms with Crippen molar-refractivity contribution >= 4 is 17.5 Å². The van der Waals surface area contributed by atoms with Gasteiger partial charge >= 0.3 is 0 Å². The fraction of sp³-hybridized carbons (Fsp3) is 0.355. The fourth-order valence-corrected chi connectivity index (χ4v) is 5.19. The lowest BCUT2D eigenvalue weighted by Gasteiger charge is -2.46. The average molecular weight is 485 g/mol. The third-order valence-corrected chi connectivity index (χ3v) is 7.39. The molecule has 5 heteroatoms. The minimum absolute atomic E-state index is 0.0355. The van der Waals surface area contributed by atoms with Crippen LogP contribution in [0.1, 0.15) is 47.9 Å². The smallest absolute Gasteiger partial charge is 0.250 e. The molecule has 36 heavy (non-hydrogen) atoms. The molecule has 1 fully saturated rings. The quantitative estimate of drug-likeness (QED) is 0.437. The second kappa shape index (κ2) is 11.5. The van der Waals surface area contributed by atoms with Gasteiger partial charge in [-0.05, 0) is 68.4 Å². The van der Waals surface area contributed by atoms with Gasteiger partial charge in [0, 0.05) is 19.3 Å². The van der Waals surface area contributed by atoms with Crippen LogP contribution in [0.4, 0.5) is 5.69 Å². The average Bonchev–Trinajstić information content (AvgIpc) is 2.90. The molecule has 0 heterocycles. The molecule has 188 valence electrons. The number of amides is 2. The zero-order valence-electron chi connectivity index (χ0n) is 21.5. The number of ether oxygens (including phenoxy) is 1. The molecule has 0 aromatic heterocycles. The molecule has 3 aromatic carbocycles. The summed E-state index contributed by atoms with van der Waals surface area (Å²) in [6, 6.07) is 25.6. The number of nitrogens with one attached hydrogen (secondary N) is 1. The van der Waals surface area contributed by atoms with Crippen molar-refractivity contribution in [1.29, 1.82) is 0 Å². The standard InChI is InChI=1S/C31H36N2O3/c1-23-14-15-24(2)26(20-23)21-29(34)33(22-25-10-6-4-7-11-25)31(18-16-28(36-3)17-19-31)30(35)32-27-12-8-5-9-13-27/h4-15,20,28H,16-19,21-22H2,1-3H3,(H,32,35). The first-order valence-electron chi connectivity index (χ1n) is 12.7. The van der Waals surface area contributed by atoms with Crippen molar-refractivity contribution in [2.45, 2.75) is 64.1 Å². The van der Waals surface area contributed by atoms with Crippen LogP contribution in [0.25, 0.3) is 0 Å². The van der Waals surface area contributed by atoms with Crippen molar-refractivity contribution in [1.82, 2.24) is 4.90 Å². The second-order valence-electron chi connectivity index (χ2n) is 9.86. The lowest BCUT2D eigenvalue weighted by molar-refractivity contribution is -0.150. The number of benzene rings is 3. The molecule has 0 bridgehead atoms. The minimum Gasteiger partial charge on any atom is -0.381 e. The highest BCUT2D eigenvalue weighted by molar-refractivity contribution is 6.01. The monoisotopic (exact) mass is 484 g/mol. The van der Waals surface area contributed by atoms with Gasteiger partial charge in [-0.15, -0.1) is 0 Å². The van der Waals surface area contributed by atoms with Gasteiger partial charge in [-0.1, -0.05) is 72.3 Å². The minimum atomic E-state index is -0.963. The number of para-hydroxylation sites is 1. The van der Waals surface area contributed by atoms with Gasteiger partial charge in [0.2, 0.25) is 11.8 Å². The van der Waals surface area contributed by atoms with Crippen LogP contribution in [0.3, 0.4) is 0 Å². The van der Waals surface area contributed by atoms with Crippen LogP contribution in [0.15, 0.2) is 78.9 Å². The highest BCUT2D eigenvalue weighted by atomic mass is 16.5. The maximum Gasteiger partial charge on any atom is 0.250 e. The van der Waals surface area contributed by atoms with Crippen molar-refractivity contribution in [3.8, 4) is 0 Å². The van der Waals surface area contributed by atoms with Crippen molar-refractivity contribution in [2.24, 2.45) is 0 Å². The van der Waals surface area contributed by atoms with Gasteiger partial charge in [-0.2, -0.15) is 0 Å². The van der Waals surface area contributed by atoms with Gasteiger partial charge in [-0.3, -0.25) is 9.59 Å². The maximum absolute atomic E-state index is 14.1. The normalized spacial score (nSPS) is 19.5. The SMILES string of the molecule is COC1CCC(C(=O)Nc2ccccc2)(N(Cc2ccccc2)C(=O)Cc2cc(C)ccc2C)CC1. The Kier molecular flexibility index (Phi) is 8.21. The summed E-state index contributed by atoms with van der Waals surface area (Å²) in [5, 5.41) is 3.12. The summed E-state index contributed by atoms with van der Waals surface area (Å²) in [6.45, 7) is 4.45. The largest absolute Gasteiger partial charge is 0.381 e. The molecule has 3 aromatic rings. The highest BCUT2D eigenvalue weighted by Gasteiger charge is 2.48. The van der Waals surface area contributed by atoms with E-state index in [2.05, 4.69) is 23.5 Å². The zero-order valence-corrected chi connectivity index (χ0v) is 21.5. The summed E-state index contributed by atoms with van der Waals surface area (Å²) in [5.41, 5.74) is 3.98. The van der Waals surface area contributed by atoms with Crippen molar-refractivity contribution in [3.63, 3.8) is 0 Å². The third kappa shape index (κ3) is 5.85. The summed E-state index contributed by atoms with van der Waals surface area (Å²) >= 11 is 0. The molecule has 1 aliphatic rings. The summed E-state index contributed by atoms with van der Waals surface area (Å²) in [5.74, 6) is -0.167. The Hall–Kier alpha value is -3.44. The fourth-order valence-electron chi connectivity index (χ4n) is 5.19. The molecule has 0 radical (unpaired) electrons. The number of nitrogens with zero attached hydrogens (tertiary/aromatic N) is 1. The van der Waals surface area contributed by atoms with Gasteiger partial charge in [0.25, 0.3) is 0 Å². The third-order valence-electron chi connectivity index (χ3n) is 7.39. The number of methoxy groups -OCH3 is 1. The first-order chi connectivity index (χ1) is 17.4. The first kappa shape index (κ1) is 25.6. The van der Waals surface area contributed by atoms with Crippen molar-refractivity contribution in [2.75, 3.05) is 12.4 Å². The van der Waals surface area contributed by atoms with Gasteiger partial charge in [0.1, 0.15) is 5.54 Å². The molecule has 1 aliphatic carbocycles. The van der Waals surface area contributed by atoms with Crippen LogP contribution in [-0.4, -0.2) is 35.5 Å². The maximum atomic E-state index is 14.1. The number of rotatable bonds is 8. The van der Waals surface area contributed by atoms with Gasteiger partial charge in [0.15, 0.2) is 0 Å². The van der Waals surface area contributed by atoms with E-state index in [4.69, 9.17) is 4.74 Å². The van der Waals surface area contributed by atoms with E-state index in [1.165, 1.54) is 0 Å². The Labute approximate surface area is 214 Å². The Morgan fingerprint density at radius 1 is 0.944 bits per heavy atom. The molecule has 0 saturated heterocycles. The van der Waals surface area contributed by atoms with E-state index in [1.807, 2.05) is 79.4 Å². The predicted molar refractivity (Wildman–Crippen MR) is 144 cm³/mol. The number of hydrogen-bond acceptors (Lipinski definition) is 3. The van der Waals surface area contributed by atoms with E-state index in [0.717, 1.165) is 40.8 Å². The Morgan fingerprint density at radius 3 is 2.22 bits per heavy atom. The lowest BCUT2D eigenvalue weighted by Crippen LogP contribution is -2.61.